The van der Waals surface area contributed by atoms with Crippen LogP contribution in [0, 0.1) is 0 Å². The minimum Gasteiger partial charge on any atom is -0.461 e. The molecule has 1 heterocycles. The van der Waals surface area contributed by atoms with Gasteiger partial charge in [0.1, 0.15) is 12.9 Å². The molecule has 0 aliphatic rings. The summed E-state index contributed by atoms with van der Waals surface area (Å²) in [4.78, 5) is 11.5. The highest BCUT2D eigenvalue weighted by Gasteiger charge is 2.05. The quantitative estimate of drug-likeness (QED) is 0.644. The first-order valence-corrected chi connectivity index (χ1v) is 5.62. The average Bonchev–Trinajstić information content (AvgIpc) is 2.89. The van der Waals surface area contributed by atoms with Gasteiger partial charge in [0.25, 0.3) is 0 Å². The molecule has 5 heteroatoms. The summed E-state index contributed by atoms with van der Waals surface area (Å²) in [6.07, 6.45) is 3.96. The minimum absolute atomic E-state index is 0.198. The van der Waals surface area contributed by atoms with E-state index in [1.807, 2.05) is 24.3 Å². The number of carbonyl (C=O) groups is 1. The molecule has 2 N–H and O–H groups in total. The number of hydrogen-bond acceptors (Lipinski definition) is 5. The summed E-state index contributed by atoms with van der Waals surface area (Å²) >= 11 is 0. The first kappa shape index (κ1) is 12.2. The van der Waals surface area contributed by atoms with Crippen molar-refractivity contribution in [2.75, 3.05) is 5.73 Å². The average molecular weight is 246 g/mol. The molecule has 1 aromatic carbocycles. The minimum atomic E-state index is -0.243. The van der Waals surface area contributed by atoms with E-state index >= 15 is 0 Å². The van der Waals surface area contributed by atoms with Gasteiger partial charge in [-0.05, 0) is 24.1 Å². The molecule has 2 rings (SSSR count). The maximum Gasteiger partial charge on any atom is 0.306 e. The number of carbonyl (C=O) groups excluding carboxylic acids is 1. The standard InChI is InChI=1S/C13H14N2O3/c14-12-4-1-10(2-5-12)3-6-13(16)17-8-11-7-15-18-9-11/h1-2,4-5,7,9H,3,6,8,14H2. The van der Waals surface area contributed by atoms with E-state index in [2.05, 4.69) is 9.68 Å². The van der Waals surface area contributed by atoms with Gasteiger partial charge in [-0.1, -0.05) is 17.3 Å². The first-order chi connectivity index (χ1) is 8.74. The number of benzene rings is 1. The Hall–Kier alpha value is -2.30. The monoisotopic (exact) mass is 246 g/mol. The zero-order valence-electron chi connectivity index (χ0n) is 9.83. The second-order valence-electron chi connectivity index (χ2n) is 3.93. The molecule has 0 fully saturated rings. The zero-order chi connectivity index (χ0) is 12.8. The number of anilines is 1. The normalized spacial score (nSPS) is 10.2. The van der Waals surface area contributed by atoms with Crippen LogP contribution in [0.2, 0.25) is 0 Å². The number of aryl methyl sites for hydroxylation is 1. The van der Waals surface area contributed by atoms with E-state index in [9.17, 15) is 4.79 Å². The molecule has 0 amide bonds. The summed E-state index contributed by atoms with van der Waals surface area (Å²) in [5.41, 5.74) is 8.10. The van der Waals surface area contributed by atoms with E-state index in [1.54, 1.807) is 0 Å². The highest BCUT2D eigenvalue weighted by atomic mass is 16.5. The molecule has 94 valence electrons. The Morgan fingerprint density at radius 2 is 2.06 bits per heavy atom. The number of ether oxygens (including phenoxy) is 1. The molecule has 2 aromatic rings. The predicted molar refractivity (Wildman–Crippen MR) is 65.5 cm³/mol. The van der Waals surface area contributed by atoms with Gasteiger partial charge in [-0.25, -0.2) is 0 Å². The Kier molecular flexibility index (Phi) is 3.96. The highest BCUT2D eigenvalue weighted by molar-refractivity contribution is 5.69. The van der Waals surface area contributed by atoms with Gasteiger partial charge in [-0.2, -0.15) is 0 Å². The summed E-state index contributed by atoms with van der Waals surface area (Å²) in [5.74, 6) is -0.243. The summed E-state index contributed by atoms with van der Waals surface area (Å²) in [6.45, 7) is 0.198. The molecule has 0 radical (unpaired) electrons. The van der Waals surface area contributed by atoms with Crippen LogP contribution in [-0.4, -0.2) is 11.1 Å². The van der Waals surface area contributed by atoms with Crippen LogP contribution in [0.5, 0.6) is 0 Å². The van der Waals surface area contributed by atoms with Crippen LogP contribution < -0.4 is 5.73 Å². The van der Waals surface area contributed by atoms with Crippen molar-refractivity contribution in [3.8, 4) is 0 Å². The fourth-order valence-corrected chi connectivity index (χ4v) is 1.46. The van der Waals surface area contributed by atoms with E-state index in [0.29, 0.717) is 18.5 Å². The molecule has 0 unspecified atom stereocenters. The molecular weight excluding hydrogens is 232 g/mol. The first-order valence-electron chi connectivity index (χ1n) is 5.62. The lowest BCUT2D eigenvalue weighted by Gasteiger charge is -2.03. The van der Waals surface area contributed by atoms with Crippen LogP contribution in [-0.2, 0) is 22.6 Å². The van der Waals surface area contributed by atoms with Gasteiger partial charge in [-0.15, -0.1) is 0 Å². The fraction of sp³-hybridized carbons (Fsp3) is 0.231. The summed E-state index contributed by atoms with van der Waals surface area (Å²) < 4.78 is 9.70. The summed E-state index contributed by atoms with van der Waals surface area (Å²) in [7, 11) is 0. The Bertz CT molecular complexity index is 491. The van der Waals surface area contributed by atoms with Crippen molar-refractivity contribution in [1.82, 2.24) is 5.16 Å². The second kappa shape index (κ2) is 5.86. The van der Waals surface area contributed by atoms with Crippen LogP contribution in [0.3, 0.4) is 0 Å². The van der Waals surface area contributed by atoms with Crippen molar-refractivity contribution < 1.29 is 14.1 Å². The van der Waals surface area contributed by atoms with Crippen LogP contribution in [0.15, 0.2) is 41.2 Å². The van der Waals surface area contributed by atoms with Crippen molar-refractivity contribution in [1.29, 1.82) is 0 Å². The Labute approximate surface area is 105 Å². The Morgan fingerprint density at radius 1 is 1.28 bits per heavy atom. The Balaban J connectivity index is 1.73. The molecule has 5 nitrogen and oxygen atoms in total. The third-order valence-electron chi connectivity index (χ3n) is 2.48. The number of esters is 1. The van der Waals surface area contributed by atoms with Crippen LogP contribution in [0.4, 0.5) is 5.69 Å². The molecule has 0 saturated carbocycles. The number of nitrogens with two attached hydrogens (primary N) is 1. The lowest BCUT2D eigenvalue weighted by molar-refractivity contribution is -0.144. The van der Waals surface area contributed by atoms with Gasteiger partial charge >= 0.3 is 5.97 Å². The smallest absolute Gasteiger partial charge is 0.306 e. The molecule has 1 aromatic heterocycles. The molecule has 0 spiro atoms. The third kappa shape index (κ3) is 3.62. The van der Waals surface area contributed by atoms with Crippen molar-refractivity contribution in [3.05, 3.63) is 47.9 Å². The van der Waals surface area contributed by atoms with Gasteiger partial charge in [-0.3, -0.25) is 4.79 Å². The van der Waals surface area contributed by atoms with Crippen LogP contribution >= 0.6 is 0 Å². The van der Waals surface area contributed by atoms with Crippen molar-refractivity contribution >= 4 is 11.7 Å². The van der Waals surface area contributed by atoms with E-state index in [1.165, 1.54) is 12.5 Å². The predicted octanol–water partition coefficient (Wildman–Crippen LogP) is 1.93. The van der Waals surface area contributed by atoms with Gasteiger partial charge < -0.3 is 15.0 Å². The number of nitrogens with zero attached hydrogens (tertiary/aromatic N) is 1. The number of nitrogen functional groups attached to an aromatic ring is 1. The number of rotatable bonds is 5. The van der Waals surface area contributed by atoms with Gasteiger partial charge in [0.2, 0.25) is 0 Å². The van der Waals surface area contributed by atoms with Crippen molar-refractivity contribution in [2.45, 2.75) is 19.4 Å². The zero-order valence-corrected chi connectivity index (χ0v) is 9.83. The number of aromatic nitrogens is 1. The van der Waals surface area contributed by atoms with Crippen molar-refractivity contribution in [2.24, 2.45) is 0 Å². The summed E-state index contributed by atoms with van der Waals surface area (Å²) in [5, 5.41) is 3.52. The van der Waals surface area contributed by atoms with Crippen LogP contribution in [0.1, 0.15) is 17.5 Å². The maximum absolute atomic E-state index is 11.5. The maximum atomic E-state index is 11.5. The van der Waals surface area contributed by atoms with E-state index in [0.717, 1.165) is 11.1 Å². The summed E-state index contributed by atoms with van der Waals surface area (Å²) in [6, 6.07) is 7.45. The molecule has 18 heavy (non-hydrogen) atoms. The van der Waals surface area contributed by atoms with E-state index in [-0.39, 0.29) is 12.6 Å². The van der Waals surface area contributed by atoms with Crippen LogP contribution in [0.25, 0.3) is 0 Å². The van der Waals surface area contributed by atoms with Gasteiger partial charge in [0.05, 0.1) is 6.20 Å². The third-order valence-corrected chi connectivity index (χ3v) is 2.48. The molecular formula is C13H14N2O3. The molecule has 0 atom stereocenters. The largest absolute Gasteiger partial charge is 0.461 e. The lowest BCUT2D eigenvalue weighted by Crippen LogP contribution is -2.05. The topological polar surface area (TPSA) is 78.4 Å². The van der Waals surface area contributed by atoms with Gasteiger partial charge in [0, 0.05) is 17.7 Å². The van der Waals surface area contributed by atoms with Gasteiger partial charge in [0.15, 0.2) is 0 Å². The van der Waals surface area contributed by atoms with E-state index < -0.39 is 0 Å². The Morgan fingerprint density at radius 3 is 2.72 bits per heavy atom. The van der Waals surface area contributed by atoms with E-state index in [4.69, 9.17) is 10.5 Å². The molecule has 0 aliphatic carbocycles. The fourth-order valence-electron chi connectivity index (χ4n) is 1.46. The SMILES string of the molecule is Nc1ccc(CCC(=O)OCc2cnoc2)cc1. The molecule has 0 saturated heterocycles. The molecule has 0 bridgehead atoms. The lowest BCUT2D eigenvalue weighted by atomic mass is 10.1. The highest BCUT2D eigenvalue weighted by Crippen LogP contribution is 2.08. The number of hydrogen-bond donors (Lipinski definition) is 1. The molecule has 0 aliphatic heterocycles. The second-order valence-corrected chi connectivity index (χ2v) is 3.93. The van der Waals surface area contributed by atoms with Crippen molar-refractivity contribution in [3.63, 3.8) is 0 Å².